The van der Waals surface area contributed by atoms with Gasteiger partial charge in [0.15, 0.2) is 0 Å². The minimum atomic E-state index is -0.562. The van der Waals surface area contributed by atoms with E-state index in [4.69, 9.17) is 4.74 Å². The average Bonchev–Trinajstić information content (AvgIpc) is 3.21. The van der Waals surface area contributed by atoms with E-state index in [2.05, 4.69) is 29.6 Å². The van der Waals surface area contributed by atoms with Crippen LogP contribution < -0.4 is 5.32 Å². The van der Waals surface area contributed by atoms with Crippen molar-refractivity contribution in [2.45, 2.75) is 51.2 Å². The summed E-state index contributed by atoms with van der Waals surface area (Å²) in [5.41, 5.74) is 2.46. The van der Waals surface area contributed by atoms with Crippen molar-refractivity contribution in [3.05, 3.63) is 65.7 Å². The second kappa shape index (κ2) is 7.46. The van der Waals surface area contributed by atoms with E-state index in [1.807, 2.05) is 51.1 Å². The first-order valence-corrected chi connectivity index (χ1v) is 10.6. The van der Waals surface area contributed by atoms with E-state index in [-0.39, 0.29) is 29.3 Å². The highest BCUT2D eigenvalue weighted by Gasteiger charge is 2.58. The van der Waals surface area contributed by atoms with Gasteiger partial charge in [0.1, 0.15) is 11.4 Å². The van der Waals surface area contributed by atoms with Crippen LogP contribution in [0.1, 0.15) is 51.3 Å². The van der Waals surface area contributed by atoms with Crippen LogP contribution in [0.5, 0.6) is 0 Å². The van der Waals surface area contributed by atoms with Crippen molar-refractivity contribution in [1.82, 2.24) is 4.90 Å². The topological polar surface area (TPSA) is 58.6 Å². The SMILES string of the molecule is CC(=O)CC1CN(C(=O)OC(C)(C)C)CC12c1ccccc1NC2c1ccccc1. The summed E-state index contributed by atoms with van der Waals surface area (Å²) in [5, 5.41) is 3.70. The summed E-state index contributed by atoms with van der Waals surface area (Å²) in [6.07, 6.45) is 0.114. The zero-order valence-corrected chi connectivity index (χ0v) is 18.1. The molecule has 0 saturated carbocycles. The molecule has 0 aliphatic carbocycles. The predicted octanol–water partition coefficient (Wildman–Crippen LogP) is 4.94. The molecule has 0 radical (unpaired) electrons. The lowest BCUT2D eigenvalue weighted by atomic mass is 9.66. The Labute approximate surface area is 178 Å². The number of carbonyl (C=O) groups is 2. The van der Waals surface area contributed by atoms with Gasteiger partial charge in [-0.15, -0.1) is 0 Å². The van der Waals surface area contributed by atoms with Gasteiger partial charge in [-0.1, -0.05) is 48.5 Å². The van der Waals surface area contributed by atoms with Gasteiger partial charge in [-0.05, 0) is 50.8 Å². The number of rotatable bonds is 3. The van der Waals surface area contributed by atoms with Crippen LogP contribution >= 0.6 is 0 Å². The van der Waals surface area contributed by atoms with Crippen LogP contribution in [0.3, 0.4) is 0 Å². The van der Waals surface area contributed by atoms with Gasteiger partial charge < -0.3 is 19.7 Å². The lowest BCUT2D eigenvalue weighted by molar-refractivity contribution is -0.118. The highest BCUT2D eigenvalue weighted by Crippen LogP contribution is 2.57. The Kier molecular flexibility index (Phi) is 5.08. The van der Waals surface area contributed by atoms with Gasteiger partial charge >= 0.3 is 6.09 Å². The van der Waals surface area contributed by atoms with Crippen molar-refractivity contribution in [3.63, 3.8) is 0 Å². The highest BCUT2D eigenvalue weighted by molar-refractivity contribution is 5.78. The maximum Gasteiger partial charge on any atom is 0.410 e. The van der Waals surface area contributed by atoms with Crippen LogP contribution in [0, 0.1) is 5.92 Å². The minimum Gasteiger partial charge on any atom is -0.444 e. The number of fused-ring (bicyclic) bond motifs is 2. The molecule has 2 aromatic carbocycles. The summed E-state index contributed by atoms with van der Waals surface area (Å²) in [6, 6.07) is 18.6. The van der Waals surface area contributed by atoms with Crippen LogP contribution in [0.4, 0.5) is 10.5 Å². The molecule has 1 saturated heterocycles. The number of Topliss-reactive ketones (excluding diaryl/α,β-unsaturated/α-hetero) is 1. The van der Waals surface area contributed by atoms with Crippen molar-refractivity contribution in [2.24, 2.45) is 5.92 Å². The third-order valence-electron chi connectivity index (χ3n) is 6.18. The lowest BCUT2D eigenvalue weighted by Gasteiger charge is -2.37. The highest BCUT2D eigenvalue weighted by atomic mass is 16.6. The number of para-hydroxylation sites is 1. The summed E-state index contributed by atoms with van der Waals surface area (Å²) >= 11 is 0. The Hall–Kier alpha value is -2.82. The van der Waals surface area contributed by atoms with Gasteiger partial charge in [0.25, 0.3) is 0 Å². The van der Waals surface area contributed by atoms with E-state index in [1.54, 1.807) is 11.8 Å². The molecule has 3 unspecified atom stereocenters. The molecule has 158 valence electrons. The Morgan fingerprint density at radius 1 is 1.10 bits per heavy atom. The molecule has 1 amide bonds. The molecule has 1 spiro atoms. The summed E-state index contributed by atoms with van der Waals surface area (Å²) in [6.45, 7) is 8.29. The largest absolute Gasteiger partial charge is 0.444 e. The number of carbonyl (C=O) groups excluding carboxylic acids is 2. The van der Waals surface area contributed by atoms with E-state index in [1.165, 1.54) is 5.56 Å². The second-order valence-corrected chi connectivity index (χ2v) is 9.54. The van der Waals surface area contributed by atoms with Crippen LogP contribution in [0.15, 0.2) is 54.6 Å². The van der Waals surface area contributed by atoms with Crippen LogP contribution in [-0.4, -0.2) is 35.5 Å². The number of ketones is 1. The maximum atomic E-state index is 13.0. The Morgan fingerprint density at radius 2 is 1.77 bits per heavy atom. The molecule has 1 N–H and O–H groups in total. The second-order valence-electron chi connectivity index (χ2n) is 9.54. The first kappa shape index (κ1) is 20.5. The molecule has 30 heavy (non-hydrogen) atoms. The Bertz CT molecular complexity index is 950. The summed E-state index contributed by atoms with van der Waals surface area (Å²) in [4.78, 5) is 27.0. The number of nitrogens with zero attached hydrogens (tertiary/aromatic N) is 1. The van der Waals surface area contributed by atoms with E-state index in [0.717, 1.165) is 11.3 Å². The molecule has 2 heterocycles. The molecular formula is C25H30N2O3. The van der Waals surface area contributed by atoms with Crippen LogP contribution in [0.25, 0.3) is 0 Å². The zero-order chi connectivity index (χ0) is 21.5. The smallest absolute Gasteiger partial charge is 0.410 e. The molecule has 4 rings (SSSR count). The zero-order valence-electron chi connectivity index (χ0n) is 18.1. The van der Waals surface area contributed by atoms with Crippen molar-refractivity contribution < 1.29 is 14.3 Å². The number of amides is 1. The van der Waals surface area contributed by atoms with Gasteiger partial charge in [0.2, 0.25) is 0 Å². The Balaban J connectivity index is 1.81. The third kappa shape index (κ3) is 3.57. The molecule has 2 aliphatic heterocycles. The number of nitrogens with one attached hydrogen (secondary N) is 1. The maximum absolute atomic E-state index is 13.0. The third-order valence-corrected chi connectivity index (χ3v) is 6.18. The van der Waals surface area contributed by atoms with Gasteiger partial charge in [-0.3, -0.25) is 0 Å². The van der Waals surface area contributed by atoms with Gasteiger partial charge in [-0.25, -0.2) is 4.79 Å². The fourth-order valence-electron chi connectivity index (χ4n) is 5.11. The molecule has 5 nitrogen and oxygen atoms in total. The van der Waals surface area contributed by atoms with Crippen LogP contribution in [-0.2, 0) is 14.9 Å². The van der Waals surface area contributed by atoms with E-state index >= 15 is 0 Å². The first-order chi connectivity index (χ1) is 14.2. The number of anilines is 1. The fraction of sp³-hybridized carbons (Fsp3) is 0.440. The minimum absolute atomic E-state index is 0.00359. The van der Waals surface area contributed by atoms with Gasteiger partial charge in [0.05, 0.1) is 6.04 Å². The van der Waals surface area contributed by atoms with Crippen molar-refractivity contribution in [3.8, 4) is 0 Å². The number of hydrogen-bond acceptors (Lipinski definition) is 4. The van der Waals surface area contributed by atoms with E-state index in [0.29, 0.717) is 19.5 Å². The van der Waals surface area contributed by atoms with E-state index in [9.17, 15) is 9.59 Å². The molecule has 0 aromatic heterocycles. The molecular weight excluding hydrogens is 376 g/mol. The summed E-state index contributed by atoms with van der Waals surface area (Å²) < 4.78 is 5.69. The number of likely N-dealkylation sites (tertiary alicyclic amines) is 1. The van der Waals surface area contributed by atoms with E-state index < -0.39 is 5.60 Å². The summed E-state index contributed by atoms with van der Waals surface area (Å²) in [7, 11) is 0. The molecule has 1 fully saturated rings. The molecule has 2 aromatic rings. The number of hydrogen-bond donors (Lipinski definition) is 1. The van der Waals surface area contributed by atoms with Gasteiger partial charge in [-0.2, -0.15) is 0 Å². The molecule has 3 atom stereocenters. The molecule has 0 bridgehead atoms. The number of ether oxygens (including phenoxy) is 1. The Morgan fingerprint density at radius 3 is 2.43 bits per heavy atom. The average molecular weight is 407 g/mol. The molecule has 2 aliphatic rings. The summed E-state index contributed by atoms with van der Waals surface area (Å²) in [5.74, 6) is 0.144. The first-order valence-electron chi connectivity index (χ1n) is 10.6. The van der Waals surface area contributed by atoms with Gasteiger partial charge in [0, 0.05) is 30.6 Å². The van der Waals surface area contributed by atoms with Crippen molar-refractivity contribution >= 4 is 17.6 Å². The molecule has 5 heteroatoms. The quantitative estimate of drug-likeness (QED) is 0.785. The van der Waals surface area contributed by atoms with Crippen molar-refractivity contribution in [2.75, 3.05) is 18.4 Å². The normalized spacial score (nSPS) is 25.1. The van der Waals surface area contributed by atoms with Crippen molar-refractivity contribution in [1.29, 1.82) is 0 Å². The van der Waals surface area contributed by atoms with Crippen LogP contribution in [0.2, 0.25) is 0 Å². The lowest BCUT2D eigenvalue weighted by Crippen LogP contribution is -2.42. The standard InChI is InChI=1S/C25H30N2O3/c1-17(28)14-19-15-27(23(29)30-24(2,3)4)16-25(19)20-12-8-9-13-21(20)26-22(25)18-10-6-5-7-11-18/h5-13,19,22,26H,14-16H2,1-4H3. The fourth-order valence-corrected chi connectivity index (χ4v) is 5.11. The predicted molar refractivity (Wildman–Crippen MR) is 118 cm³/mol. The monoisotopic (exact) mass is 406 g/mol. The number of benzene rings is 2.